The van der Waals surface area contributed by atoms with Crippen LogP contribution in [0.4, 0.5) is 0 Å². The molecule has 1 nitrogen and oxygen atoms in total. The van der Waals surface area contributed by atoms with Crippen LogP contribution in [0.15, 0.2) is 42.6 Å². The fourth-order valence-corrected chi connectivity index (χ4v) is 1.60. The molecule has 0 aliphatic heterocycles. The maximum absolute atomic E-state index is 3.14. The predicted molar refractivity (Wildman–Crippen MR) is 71.9 cm³/mol. The Morgan fingerprint density at radius 1 is 0.941 bits per heavy atom. The van der Waals surface area contributed by atoms with Crippen LogP contribution in [0.5, 0.6) is 0 Å². The van der Waals surface area contributed by atoms with E-state index in [-0.39, 0.29) is 5.41 Å². The van der Waals surface area contributed by atoms with Gasteiger partial charge in [-0.3, -0.25) is 0 Å². The molecule has 1 N–H and O–H groups in total. The summed E-state index contributed by atoms with van der Waals surface area (Å²) < 4.78 is 0. The zero-order valence-electron chi connectivity index (χ0n) is 10.5. The molecule has 0 fully saturated rings. The maximum atomic E-state index is 3.14. The molecule has 1 heteroatoms. The third kappa shape index (κ3) is 3.01. The van der Waals surface area contributed by atoms with Gasteiger partial charge in [0.25, 0.3) is 0 Å². The highest BCUT2D eigenvalue weighted by Gasteiger charge is 2.12. The van der Waals surface area contributed by atoms with Crippen molar-refractivity contribution in [1.82, 2.24) is 4.98 Å². The van der Waals surface area contributed by atoms with Gasteiger partial charge in [-0.2, -0.15) is 0 Å². The summed E-state index contributed by atoms with van der Waals surface area (Å²) in [4.78, 5) is 3.07. The zero-order chi connectivity index (χ0) is 12.3. The van der Waals surface area contributed by atoms with Crippen LogP contribution < -0.4 is 0 Å². The SMILES string of the molecule is CC(C)(C)c1ccc(C#Cc2ccc[nH]2)cc1. The number of H-pyrrole nitrogens is 1. The molecule has 2 aromatic rings. The summed E-state index contributed by atoms with van der Waals surface area (Å²) in [6.07, 6.45) is 1.88. The molecular formula is C16H17N. The van der Waals surface area contributed by atoms with Crippen molar-refractivity contribution in [2.75, 3.05) is 0 Å². The van der Waals surface area contributed by atoms with Crippen molar-refractivity contribution >= 4 is 0 Å². The number of nitrogens with one attached hydrogen (secondary N) is 1. The van der Waals surface area contributed by atoms with E-state index in [2.05, 4.69) is 61.9 Å². The first-order valence-corrected chi connectivity index (χ1v) is 5.82. The van der Waals surface area contributed by atoms with Crippen molar-refractivity contribution in [2.24, 2.45) is 0 Å². The third-order valence-corrected chi connectivity index (χ3v) is 2.69. The van der Waals surface area contributed by atoms with Crippen molar-refractivity contribution < 1.29 is 0 Å². The minimum absolute atomic E-state index is 0.200. The van der Waals surface area contributed by atoms with Crippen LogP contribution in [0.25, 0.3) is 0 Å². The molecule has 0 aliphatic rings. The first-order valence-electron chi connectivity index (χ1n) is 5.82. The van der Waals surface area contributed by atoms with E-state index in [1.54, 1.807) is 0 Å². The van der Waals surface area contributed by atoms with Crippen LogP contribution in [0.1, 0.15) is 37.6 Å². The number of aromatic amines is 1. The van der Waals surface area contributed by atoms with Crippen LogP contribution in [-0.2, 0) is 5.41 Å². The van der Waals surface area contributed by atoms with Crippen LogP contribution in [-0.4, -0.2) is 4.98 Å². The molecule has 0 atom stereocenters. The Kier molecular flexibility index (Phi) is 3.06. The van der Waals surface area contributed by atoms with E-state index in [4.69, 9.17) is 0 Å². The van der Waals surface area contributed by atoms with Gasteiger partial charge in [-0.15, -0.1) is 0 Å². The molecule has 17 heavy (non-hydrogen) atoms. The second-order valence-electron chi connectivity index (χ2n) is 5.16. The number of hydrogen-bond acceptors (Lipinski definition) is 0. The van der Waals surface area contributed by atoms with Gasteiger partial charge in [0.05, 0.1) is 5.69 Å². The van der Waals surface area contributed by atoms with Gasteiger partial charge in [0.15, 0.2) is 0 Å². The highest BCUT2D eigenvalue weighted by molar-refractivity contribution is 5.41. The molecule has 0 aliphatic carbocycles. The van der Waals surface area contributed by atoms with Crippen LogP contribution in [0, 0.1) is 11.8 Å². The highest BCUT2D eigenvalue weighted by atomic mass is 14.7. The number of benzene rings is 1. The van der Waals surface area contributed by atoms with E-state index >= 15 is 0 Å². The fraction of sp³-hybridized carbons (Fsp3) is 0.250. The first kappa shape index (κ1) is 11.5. The number of hydrogen-bond donors (Lipinski definition) is 1. The Hall–Kier alpha value is -1.94. The fourth-order valence-electron chi connectivity index (χ4n) is 1.60. The van der Waals surface area contributed by atoms with Crippen molar-refractivity contribution in [3.05, 3.63) is 59.4 Å². The first-order chi connectivity index (χ1) is 8.05. The van der Waals surface area contributed by atoms with E-state index in [0.717, 1.165) is 11.3 Å². The number of aromatic nitrogens is 1. The van der Waals surface area contributed by atoms with E-state index in [1.165, 1.54) is 5.56 Å². The van der Waals surface area contributed by atoms with E-state index in [1.807, 2.05) is 18.3 Å². The summed E-state index contributed by atoms with van der Waals surface area (Å²) in [5.74, 6) is 6.24. The Morgan fingerprint density at radius 3 is 2.18 bits per heavy atom. The lowest BCUT2D eigenvalue weighted by molar-refractivity contribution is 0.590. The van der Waals surface area contributed by atoms with E-state index in [9.17, 15) is 0 Å². The molecule has 0 saturated heterocycles. The molecule has 1 aromatic heterocycles. The average Bonchev–Trinajstić information content (AvgIpc) is 2.78. The zero-order valence-corrected chi connectivity index (χ0v) is 10.5. The quantitative estimate of drug-likeness (QED) is 0.655. The lowest BCUT2D eigenvalue weighted by Crippen LogP contribution is -2.10. The van der Waals surface area contributed by atoms with Gasteiger partial charge < -0.3 is 4.98 Å². The van der Waals surface area contributed by atoms with Crippen molar-refractivity contribution in [2.45, 2.75) is 26.2 Å². The number of rotatable bonds is 0. The van der Waals surface area contributed by atoms with Crippen molar-refractivity contribution in [3.63, 3.8) is 0 Å². The highest BCUT2D eigenvalue weighted by Crippen LogP contribution is 2.21. The normalized spacial score (nSPS) is 10.8. The third-order valence-electron chi connectivity index (χ3n) is 2.69. The summed E-state index contributed by atoms with van der Waals surface area (Å²) in [7, 11) is 0. The topological polar surface area (TPSA) is 15.8 Å². The van der Waals surface area contributed by atoms with Crippen molar-refractivity contribution in [3.8, 4) is 11.8 Å². The molecule has 86 valence electrons. The minimum atomic E-state index is 0.200. The van der Waals surface area contributed by atoms with E-state index in [0.29, 0.717) is 0 Å². The van der Waals surface area contributed by atoms with Gasteiger partial charge in [0.2, 0.25) is 0 Å². The second-order valence-corrected chi connectivity index (χ2v) is 5.16. The van der Waals surface area contributed by atoms with Crippen LogP contribution in [0.3, 0.4) is 0 Å². The second kappa shape index (κ2) is 4.51. The molecule has 2 rings (SSSR count). The molecule has 0 saturated carbocycles. The van der Waals surface area contributed by atoms with Gasteiger partial charge in [-0.05, 0) is 41.2 Å². The smallest absolute Gasteiger partial charge is 0.0897 e. The largest absolute Gasteiger partial charge is 0.355 e. The maximum Gasteiger partial charge on any atom is 0.0897 e. The molecule has 0 radical (unpaired) electrons. The predicted octanol–water partition coefficient (Wildman–Crippen LogP) is 3.71. The van der Waals surface area contributed by atoms with Gasteiger partial charge in [-0.25, -0.2) is 0 Å². The van der Waals surface area contributed by atoms with Gasteiger partial charge >= 0.3 is 0 Å². The Morgan fingerprint density at radius 2 is 1.65 bits per heavy atom. The molecule has 0 spiro atoms. The molecular weight excluding hydrogens is 206 g/mol. The monoisotopic (exact) mass is 223 g/mol. The lowest BCUT2D eigenvalue weighted by Gasteiger charge is -2.18. The standard InChI is InChI=1S/C16H17N/c1-16(2,3)14-9-6-13(7-10-14)8-11-15-5-4-12-17-15/h4-7,9-10,12,17H,1-3H3. The summed E-state index contributed by atoms with van der Waals surface area (Å²) in [5.41, 5.74) is 3.53. The molecule has 1 heterocycles. The van der Waals surface area contributed by atoms with Crippen LogP contribution in [0.2, 0.25) is 0 Å². The molecule has 0 bridgehead atoms. The molecule has 0 amide bonds. The Labute approximate surface area is 103 Å². The van der Waals surface area contributed by atoms with Gasteiger partial charge in [0, 0.05) is 11.8 Å². The van der Waals surface area contributed by atoms with Gasteiger partial charge in [0.1, 0.15) is 0 Å². The summed E-state index contributed by atoms with van der Waals surface area (Å²) in [5, 5.41) is 0. The van der Waals surface area contributed by atoms with Crippen LogP contribution >= 0.6 is 0 Å². The Balaban J connectivity index is 2.19. The summed E-state index contributed by atoms with van der Waals surface area (Å²) in [6, 6.07) is 12.4. The lowest BCUT2D eigenvalue weighted by atomic mass is 9.87. The summed E-state index contributed by atoms with van der Waals surface area (Å²) >= 11 is 0. The summed E-state index contributed by atoms with van der Waals surface area (Å²) in [6.45, 7) is 6.64. The molecule has 0 unspecified atom stereocenters. The van der Waals surface area contributed by atoms with Crippen molar-refractivity contribution in [1.29, 1.82) is 0 Å². The van der Waals surface area contributed by atoms with E-state index < -0.39 is 0 Å². The molecule has 1 aromatic carbocycles. The van der Waals surface area contributed by atoms with Gasteiger partial charge in [-0.1, -0.05) is 38.8 Å². The Bertz CT molecular complexity index is 528. The minimum Gasteiger partial charge on any atom is -0.355 e. The average molecular weight is 223 g/mol.